The van der Waals surface area contributed by atoms with Crippen LogP contribution in [0.4, 0.5) is 0 Å². The molecule has 1 fully saturated rings. The molecule has 1 aliphatic rings. The fourth-order valence-corrected chi connectivity index (χ4v) is 5.78. The van der Waals surface area contributed by atoms with Crippen molar-refractivity contribution in [1.29, 1.82) is 0 Å². The van der Waals surface area contributed by atoms with E-state index >= 15 is 0 Å². The van der Waals surface area contributed by atoms with E-state index in [0.717, 1.165) is 5.56 Å². The molecule has 154 valence electrons. The molecule has 0 aliphatic heterocycles. The Labute approximate surface area is 174 Å². The maximum Gasteiger partial charge on any atom is 0.196 e. The number of carbonyl (C=O) groups is 2. The van der Waals surface area contributed by atoms with Crippen LogP contribution in [0.1, 0.15) is 35.3 Å². The van der Waals surface area contributed by atoms with Gasteiger partial charge >= 0.3 is 0 Å². The molecule has 8 heteroatoms. The molecule has 2 atom stereocenters. The standard InChI is InChI=1S/C22H21N3O4S/c1-15-10-12-17(13-11-15)30(28,29)20-9-5-8-19(26)21(20)22(27)18-14-25(24-23-18)16-6-3-2-4-7-16/h2-4,6-7,10-14,20-21H,5,8-9H2,1H3/t20-,21+/m1/s1. The summed E-state index contributed by atoms with van der Waals surface area (Å²) in [5.74, 6) is -2.23. The minimum atomic E-state index is -3.86. The van der Waals surface area contributed by atoms with Crippen LogP contribution in [0.5, 0.6) is 0 Å². The first-order chi connectivity index (χ1) is 14.4. The number of nitrogens with zero attached hydrogens (tertiary/aromatic N) is 3. The van der Waals surface area contributed by atoms with Crippen LogP contribution in [0, 0.1) is 12.8 Å². The van der Waals surface area contributed by atoms with Crippen molar-refractivity contribution in [3.63, 3.8) is 0 Å². The number of Topliss-reactive ketones (excluding diaryl/α,β-unsaturated/α-hetero) is 2. The van der Waals surface area contributed by atoms with E-state index in [9.17, 15) is 18.0 Å². The van der Waals surface area contributed by atoms with E-state index in [1.807, 2.05) is 25.1 Å². The normalized spacial score (nSPS) is 19.6. The molecule has 0 spiro atoms. The number of para-hydroxylation sites is 1. The lowest BCUT2D eigenvalue weighted by Crippen LogP contribution is -2.43. The second-order valence-corrected chi connectivity index (χ2v) is 9.65. The largest absolute Gasteiger partial charge is 0.299 e. The first kappa shape index (κ1) is 20.2. The summed E-state index contributed by atoms with van der Waals surface area (Å²) in [5.41, 5.74) is 1.63. The first-order valence-corrected chi connectivity index (χ1v) is 11.3. The van der Waals surface area contributed by atoms with E-state index in [-0.39, 0.29) is 29.2 Å². The van der Waals surface area contributed by atoms with Crippen molar-refractivity contribution in [2.24, 2.45) is 5.92 Å². The van der Waals surface area contributed by atoms with Gasteiger partial charge in [-0.3, -0.25) is 9.59 Å². The summed E-state index contributed by atoms with van der Waals surface area (Å²) in [6.45, 7) is 1.86. The number of rotatable bonds is 5. The van der Waals surface area contributed by atoms with Crippen LogP contribution in [-0.2, 0) is 14.6 Å². The van der Waals surface area contributed by atoms with E-state index in [0.29, 0.717) is 12.1 Å². The maximum atomic E-state index is 13.3. The Kier molecular flexibility index (Phi) is 5.34. The van der Waals surface area contributed by atoms with Gasteiger partial charge < -0.3 is 0 Å². The van der Waals surface area contributed by atoms with Crippen LogP contribution in [0.15, 0.2) is 65.7 Å². The summed E-state index contributed by atoms with van der Waals surface area (Å²) in [5, 5.41) is 6.79. The molecule has 30 heavy (non-hydrogen) atoms. The molecule has 3 aromatic rings. The summed E-state index contributed by atoms with van der Waals surface area (Å²) in [6, 6.07) is 15.6. The zero-order valence-electron chi connectivity index (χ0n) is 16.4. The van der Waals surface area contributed by atoms with Gasteiger partial charge in [0, 0.05) is 6.42 Å². The minimum absolute atomic E-state index is 0.0109. The molecule has 0 amide bonds. The van der Waals surface area contributed by atoms with E-state index in [2.05, 4.69) is 10.3 Å². The third kappa shape index (κ3) is 3.70. The summed E-state index contributed by atoms with van der Waals surface area (Å²) in [6.07, 6.45) is 2.32. The zero-order valence-corrected chi connectivity index (χ0v) is 17.2. The third-order valence-corrected chi connectivity index (χ3v) is 7.66. The number of hydrogen-bond acceptors (Lipinski definition) is 6. The lowest BCUT2D eigenvalue weighted by molar-refractivity contribution is -0.122. The highest BCUT2D eigenvalue weighted by Gasteiger charge is 2.45. The number of hydrogen-bond donors (Lipinski definition) is 0. The second-order valence-electron chi connectivity index (χ2n) is 7.48. The van der Waals surface area contributed by atoms with Gasteiger partial charge in [0.2, 0.25) is 0 Å². The van der Waals surface area contributed by atoms with Crippen molar-refractivity contribution in [3.8, 4) is 5.69 Å². The highest BCUT2D eigenvalue weighted by atomic mass is 32.2. The Balaban J connectivity index is 1.68. The fraction of sp³-hybridized carbons (Fsp3) is 0.273. The van der Waals surface area contributed by atoms with Gasteiger partial charge in [-0.1, -0.05) is 41.1 Å². The molecule has 0 N–H and O–H groups in total. The average Bonchev–Trinajstić information content (AvgIpc) is 3.24. The predicted octanol–water partition coefficient (Wildman–Crippen LogP) is 2.97. The van der Waals surface area contributed by atoms with Gasteiger partial charge in [-0.05, 0) is 44.0 Å². The lowest BCUT2D eigenvalue weighted by Gasteiger charge is -2.28. The Hall–Kier alpha value is -3.13. The molecule has 0 saturated heterocycles. The maximum absolute atomic E-state index is 13.3. The molecular formula is C22H21N3O4S. The molecule has 4 rings (SSSR count). The highest BCUT2D eigenvalue weighted by Crippen LogP contribution is 2.33. The van der Waals surface area contributed by atoms with Crippen LogP contribution in [0.25, 0.3) is 5.69 Å². The minimum Gasteiger partial charge on any atom is -0.299 e. The number of sulfone groups is 1. The summed E-state index contributed by atoms with van der Waals surface area (Å²) in [4.78, 5) is 26.0. The van der Waals surface area contributed by atoms with Gasteiger partial charge in [0.25, 0.3) is 0 Å². The van der Waals surface area contributed by atoms with Gasteiger partial charge in [-0.15, -0.1) is 5.10 Å². The average molecular weight is 423 g/mol. The highest BCUT2D eigenvalue weighted by molar-refractivity contribution is 7.92. The van der Waals surface area contributed by atoms with Gasteiger partial charge in [0.1, 0.15) is 11.5 Å². The molecule has 0 radical (unpaired) electrons. The molecule has 7 nitrogen and oxygen atoms in total. The summed E-state index contributed by atoms with van der Waals surface area (Å²) < 4.78 is 28.0. The Morgan fingerprint density at radius 1 is 1.07 bits per heavy atom. The topological polar surface area (TPSA) is 99.0 Å². The summed E-state index contributed by atoms with van der Waals surface area (Å²) in [7, 11) is -3.86. The predicted molar refractivity (Wildman–Crippen MR) is 110 cm³/mol. The van der Waals surface area contributed by atoms with Crippen molar-refractivity contribution in [3.05, 3.63) is 72.1 Å². The second kappa shape index (κ2) is 7.95. The number of aryl methyl sites for hydroxylation is 1. The van der Waals surface area contributed by atoms with Gasteiger partial charge in [0.05, 0.1) is 27.9 Å². The Morgan fingerprint density at radius 3 is 2.47 bits per heavy atom. The van der Waals surface area contributed by atoms with Crippen LogP contribution in [-0.4, -0.2) is 40.2 Å². The SMILES string of the molecule is Cc1ccc(S(=O)(=O)[C@@H]2CCCC(=O)[C@@H]2C(=O)c2cn(-c3ccccc3)nn2)cc1. The fourth-order valence-electron chi connectivity index (χ4n) is 3.80. The van der Waals surface area contributed by atoms with Crippen molar-refractivity contribution in [1.82, 2.24) is 15.0 Å². The molecular weight excluding hydrogens is 402 g/mol. The van der Waals surface area contributed by atoms with Crippen molar-refractivity contribution in [2.75, 3.05) is 0 Å². The van der Waals surface area contributed by atoms with Crippen LogP contribution in [0.3, 0.4) is 0 Å². The monoisotopic (exact) mass is 423 g/mol. The van der Waals surface area contributed by atoms with Crippen molar-refractivity contribution >= 4 is 21.4 Å². The number of aromatic nitrogens is 3. The molecule has 1 saturated carbocycles. The first-order valence-electron chi connectivity index (χ1n) is 9.73. The van der Waals surface area contributed by atoms with Gasteiger partial charge in [-0.2, -0.15) is 0 Å². The van der Waals surface area contributed by atoms with Crippen molar-refractivity contribution < 1.29 is 18.0 Å². The van der Waals surface area contributed by atoms with Crippen molar-refractivity contribution in [2.45, 2.75) is 36.3 Å². The van der Waals surface area contributed by atoms with E-state index in [1.54, 1.807) is 24.3 Å². The Morgan fingerprint density at radius 2 is 1.77 bits per heavy atom. The molecule has 1 heterocycles. The number of ketones is 2. The lowest BCUT2D eigenvalue weighted by atomic mass is 9.83. The van der Waals surface area contributed by atoms with Gasteiger partial charge in [0.15, 0.2) is 15.6 Å². The number of benzene rings is 2. The van der Waals surface area contributed by atoms with Crippen LogP contribution < -0.4 is 0 Å². The van der Waals surface area contributed by atoms with E-state index in [4.69, 9.17) is 0 Å². The molecule has 1 aromatic heterocycles. The number of carbonyl (C=O) groups excluding carboxylic acids is 2. The quantitative estimate of drug-likeness (QED) is 0.462. The Bertz CT molecular complexity index is 1180. The molecule has 0 unspecified atom stereocenters. The van der Waals surface area contributed by atoms with Crippen LogP contribution in [0.2, 0.25) is 0 Å². The molecule has 2 aromatic carbocycles. The molecule has 1 aliphatic carbocycles. The van der Waals surface area contributed by atoms with E-state index < -0.39 is 26.8 Å². The van der Waals surface area contributed by atoms with Gasteiger partial charge in [-0.25, -0.2) is 13.1 Å². The molecule has 0 bridgehead atoms. The van der Waals surface area contributed by atoms with Crippen LogP contribution >= 0.6 is 0 Å². The summed E-state index contributed by atoms with van der Waals surface area (Å²) >= 11 is 0. The zero-order chi connectivity index (χ0) is 21.3. The smallest absolute Gasteiger partial charge is 0.196 e. The third-order valence-electron chi connectivity index (χ3n) is 5.43. The van der Waals surface area contributed by atoms with E-state index in [1.165, 1.54) is 23.0 Å².